The molecule has 48 heavy (non-hydrogen) atoms. The number of benzene rings is 4. The summed E-state index contributed by atoms with van der Waals surface area (Å²) in [5, 5.41) is 7.91. The summed E-state index contributed by atoms with van der Waals surface area (Å²) in [5.74, 6) is 2.17. The fraction of sp³-hybridized carbons (Fsp3) is 0.316. The van der Waals surface area contributed by atoms with E-state index in [1.807, 2.05) is 82.6 Å². The molecule has 0 saturated carbocycles. The molecule has 0 aliphatic carbocycles. The third kappa shape index (κ3) is 5.81. The Hall–Kier alpha value is -4.08. The zero-order valence-electron chi connectivity index (χ0n) is 26.4. The summed E-state index contributed by atoms with van der Waals surface area (Å²) < 4.78 is 11.8. The first-order valence-electron chi connectivity index (χ1n) is 16.6. The minimum Gasteiger partial charge on any atom is -0.482 e. The molecule has 2 N–H and O–H groups in total. The molecule has 246 valence electrons. The number of carbonyl (C=O) groups is 2. The van der Waals surface area contributed by atoms with Gasteiger partial charge in [-0.2, -0.15) is 0 Å². The number of nitrogens with zero attached hydrogens (tertiary/aromatic N) is 2. The number of amides is 2. The van der Waals surface area contributed by atoms with E-state index in [1.54, 1.807) is 0 Å². The monoisotopic (exact) mass is 682 g/mol. The Kier molecular flexibility index (Phi) is 8.51. The van der Waals surface area contributed by atoms with E-state index < -0.39 is 0 Å². The Balaban J connectivity index is 1.09. The van der Waals surface area contributed by atoms with Crippen LogP contribution in [0.3, 0.4) is 0 Å². The van der Waals surface area contributed by atoms with Crippen LogP contribution in [-0.4, -0.2) is 64.3 Å². The van der Waals surface area contributed by atoms with E-state index in [0.29, 0.717) is 46.5 Å². The van der Waals surface area contributed by atoms with Crippen LogP contribution in [0.1, 0.15) is 12.8 Å². The van der Waals surface area contributed by atoms with Crippen molar-refractivity contribution in [1.29, 1.82) is 0 Å². The molecular formula is C38H36Cl2N4O4. The van der Waals surface area contributed by atoms with E-state index in [2.05, 4.69) is 10.6 Å². The zero-order chi connectivity index (χ0) is 32.8. The standard InChI is InChI=1S/C38H36Cl2N4O4/c39-37-27(25-7-9-31-33(15-25)47-21-35(45)43(31)19-23-11-13-41-17-23)3-1-5-29(37)30-6-2-4-28(38(30)40)26-8-10-32-34(16-26)48-22-36(46)44(32)20-24-12-14-42-18-24/h1-10,15-16,23-24,41-42H,11-14,17-22H2/t23-,24-/m1/s1. The normalized spacial score (nSPS) is 20.4. The third-order valence-electron chi connectivity index (χ3n) is 9.92. The topological polar surface area (TPSA) is 83.1 Å². The third-order valence-corrected chi connectivity index (χ3v) is 10.7. The van der Waals surface area contributed by atoms with Crippen molar-refractivity contribution >= 4 is 46.4 Å². The quantitative estimate of drug-likeness (QED) is 0.227. The maximum Gasteiger partial charge on any atom is 0.265 e. The zero-order valence-corrected chi connectivity index (χ0v) is 27.9. The lowest BCUT2D eigenvalue weighted by Crippen LogP contribution is -2.42. The molecule has 8 nitrogen and oxygen atoms in total. The van der Waals surface area contributed by atoms with Crippen LogP contribution in [0.5, 0.6) is 11.5 Å². The predicted octanol–water partition coefficient (Wildman–Crippen LogP) is 6.66. The molecule has 2 atom stereocenters. The summed E-state index contributed by atoms with van der Waals surface area (Å²) in [6.45, 7) is 5.20. The van der Waals surface area contributed by atoms with Crippen LogP contribution < -0.4 is 29.9 Å². The van der Waals surface area contributed by atoms with Gasteiger partial charge in [-0.3, -0.25) is 9.59 Å². The van der Waals surface area contributed by atoms with Crippen LogP contribution in [0.15, 0.2) is 72.8 Å². The lowest BCUT2D eigenvalue weighted by Gasteiger charge is -2.31. The molecule has 10 heteroatoms. The maximum atomic E-state index is 12.8. The lowest BCUT2D eigenvalue weighted by atomic mass is 9.95. The van der Waals surface area contributed by atoms with Gasteiger partial charge < -0.3 is 29.9 Å². The number of carbonyl (C=O) groups excluding carboxylic acids is 2. The van der Waals surface area contributed by atoms with E-state index in [9.17, 15) is 9.59 Å². The minimum atomic E-state index is -0.0189. The van der Waals surface area contributed by atoms with Gasteiger partial charge in [0.25, 0.3) is 11.8 Å². The number of hydrogen-bond acceptors (Lipinski definition) is 6. The number of fused-ring (bicyclic) bond motifs is 2. The Bertz CT molecular complexity index is 1770. The highest BCUT2D eigenvalue weighted by molar-refractivity contribution is 6.39. The molecule has 2 amide bonds. The van der Waals surface area contributed by atoms with Gasteiger partial charge in [-0.1, -0.05) is 71.7 Å². The highest BCUT2D eigenvalue weighted by atomic mass is 35.5. The van der Waals surface area contributed by atoms with Gasteiger partial charge in [0.15, 0.2) is 13.2 Å². The second-order valence-electron chi connectivity index (χ2n) is 13.0. The van der Waals surface area contributed by atoms with Gasteiger partial charge in [0.1, 0.15) is 11.5 Å². The van der Waals surface area contributed by atoms with E-state index in [1.165, 1.54) is 0 Å². The van der Waals surface area contributed by atoms with Crippen LogP contribution in [0.4, 0.5) is 11.4 Å². The molecule has 4 aliphatic heterocycles. The largest absolute Gasteiger partial charge is 0.482 e. The number of halogens is 2. The molecule has 0 radical (unpaired) electrons. The Morgan fingerprint density at radius 3 is 1.48 bits per heavy atom. The van der Waals surface area contributed by atoms with Crippen molar-refractivity contribution in [3.63, 3.8) is 0 Å². The van der Waals surface area contributed by atoms with E-state index in [0.717, 1.165) is 83.8 Å². The maximum absolute atomic E-state index is 12.8. The van der Waals surface area contributed by atoms with Gasteiger partial charge in [-0.05, 0) is 86.2 Å². The first-order chi connectivity index (χ1) is 23.4. The minimum absolute atomic E-state index is 0.0189. The van der Waals surface area contributed by atoms with E-state index in [4.69, 9.17) is 32.7 Å². The summed E-state index contributed by atoms with van der Waals surface area (Å²) >= 11 is 14.3. The van der Waals surface area contributed by atoms with E-state index in [-0.39, 0.29) is 25.0 Å². The summed E-state index contributed by atoms with van der Waals surface area (Å²) in [6.07, 6.45) is 2.12. The van der Waals surface area contributed by atoms with Gasteiger partial charge >= 0.3 is 0 Å². The summed E-state index contributed by atoms with van der Waals surface area (Å²) in [7, 11) is 0. The average Bonchev–Trinajstić information content (AvgIpc) is 3.82. The molecule has 0 spiro atoms. The number of anilines is 2. The van der Waals surface area contributed by atoms with Crippen LogP contribution in [0.25, 0.3) is 33.4 Å². The molecule has 0 bridgehead atoms. The molecular weight excluding hydrogens is 647 g/mol. The lowest BCUT2D eigenvalue weighted by molar-refractivity contribution is -0.122. The number of rotatable bonds is 7. The first-order valence-corrected chi connectivity index (χ1v) is 17.3. The molecule has 4 heterocycles. The van der Waals surface area contributed by atoms with Crippen molar-refractivity contribution in [3.8, 4) is 44.9 Å². The first kappa shape index (κ1) is 31.2. The Morgan fingerprint density at radius 2 is 1.06 bits per heavy atom. The molecule has 4 aromatic carbocycles. The molecule has 4 aromatic rings. The second-order valence-corrected chi connectivity index (χ2v) is 13.8. The summed E-state index contributed by atoms with van der Waals surface area (Å²) in [4.78, 5) is 29.3. The van der Waals surface area contributed by atoms with Crippen LogP contribution in [0, 0.1) is 11.8 Å². The predicted molar refractivity (Wildman–Crippen MR) is 190 cm³/mol. The SMILES string of the molecule is O=C1COc2cc(-c3cccc(-c4cccc(-c5ccc6c(c5)OCC(=O)N6C[C@@H]5CCNC5)c4Cl)c3Cl)ccc2N1C[C@@H]1CCNC1. The van der Waals surface area contributed by atoms with Crippen molar-refractivity contribution < 1.29 is 19.1 Å². The van der Waals surface area contributed by atoms with Crippen LogP contribution in [0.2, 0.25) is 10.0 Å². The highest BCUT2D eigenvalue weighted by Gasteiger charge is 2.31. The van der Waals surface area contributed by atoms with Crippen LogP contribution >= 0.6 is 23.2 Å². The van der Waals surface area contributed by atoms with Gasteiger partial charge in [0, 0.05) is 35.3 Å². The fourth-order valence-corrected chi connectivity index (χ4v) is 8.00. The molecule has 0 aromatic heterocycles. The van der Waals surface area contributed by atoms with Crippen molar-refractivity contribution in [1.82, 2.24) is 10.6 Å². The van der Waals surface area contributed by atoms with Crippen molar-refractivity contribution in [2.45, 2.75) is 12.8 Å². The molecule has 0 unspecified atom stereocenters. The average molecular weight is 684 g/mol. The molecule has 2 saturated heterocycles. The van der Waals surface area contributed by atoms with Crippen molar-refractivity contribution in [2.24, 2.45) is 11.8 Å². The van der Waals surface area contributed by atoms with Gasteiger partial charge in [0.05, 0.1) is 21.4 Å². The second kappa shape index (κ2) is 13.1. The Morgan fingerprint density at radius 1 is 0.625 bits per heavy atom. The number of ether oxygens (including phenoxy) is 2. The van der Waals surface area contributed by atoms with Crippen LogP contribution in [-0.2, 0) is 9.59 Å². The van der Waals surface area contributed by atoms with Crippen molar-refractivity contribution in [2.75, 3.05) is 62.3 Å². The van der Waals surface area contributed by atoms with Gasteiger partial charge in [-0.15, -0.1) is 0 Å². The molecule has 2 fully saturated rings. The molecule has 4 aliphatic rings. The fourth-order valence-electron chi connectivity index (χ4n) is 7.33. The van der Waals surface area contributed by atoms with E-state index >= 15 is 0 Å². The highest BCUT2D eigenvalue weighted by Crippen LogP contribution is 2.45. The van der Waals surface area contributed by atoms with Gasteiger partial charge in [0.2, 0.25) is 0 Å². The number of hydrogen-bond donors (Lipinski definition) is 2. The smallest absolute Gasteiger partial charge is 0.265 e. The molecule has 8 rings (SSSR count). The Labute approximate surface area is 289 Å². The number of nitrogens with one attached hydrogen (secondary N) is 2. The van der Waals surface area contributed by atoms with Gasteiger partial charge in [-0.25, -0.2) is 0 Å². The summed E-state index contributed by atoms with van der Waals surface area (Å²) in [5.41, 5.74) is 6.67. The van der Waals surface area contributed by atoms with Crippen molar-refractivity contribution in [3.05, 3.63) is 82.8 Å². The summed E-state index contributed by atoms with van der Waals surface area (Å²) in [6, 6.07) is 23.7.